The fraction of sp³-hybridized carbons (Fsp3) is 0.200. The van der Waals surface area contributed by atoms with Gasteiger partial charge in [0.25, 0.3) is 5.91 Å². The van der Waals surface area contributed by atoms with Crippen molar-refractivity contribution in [2.24, 2.45) is 5.10 Å². The molecule has 0 saturated carbocycles. The van der Waals surface area contributed by atoms with E-state index in [4.69, 9.17) is 44.3 Å². The molecule has 2 rings (SSSR count). The molecule has 0 fully saturated rings. The molecule has 2 aromatic carbocycles. The molecule has 0 heterocycles. The zero-order valence-electron chi connectivity index (χ0n) is 16.8. The number of hydrogen-bond acceptors (Lipinski definition) is 6. The molecular formula is C20H19Cl3N4O5. The van der Waals surface area contributed by atoms with Crippen LogP contribution in [-0.2, 0) is 19.1 Å². The normalized spacial score (nSPS) is 10.6. The molecule has 12 heteroatoms. The number of rotatable bonds is 9. The van der Waals surface area contributed by atoms with Crippen LogP contribution in [0.2, 0.25) is 15.1 Å². The summed E-state index contributed by atoms with van der Waals surface area (Å²) < 4.78 is 10.3. The van der Waals surface area contributed by atoms with Gasteiger partial charge in [0, 0.05) is 24.2 Å². The van der Waals surface area contributed by atoms with Crippen LogP contribution >= 0.6 is 34.8 Å². The molecule has 3 N–H and O–H groups in total. The number of methoxy groups -OCH3 is 1. The summed E-state index contributed by atoms with van der Waals surface area (Å²) in [5, 5.41) is 9.56. The summed E-state index contributed by atoms with van der Waals surface area (Å²) in [6, 6.07) is 9.43. The lowest BCUT2D eigenvalue weighted by atomic mass is 10.2. The molecule has 0 aliphatic heterocycles. The summed E-state index contributed by atoms with van der Waals surface area (Å²) in [6.07, 6.45) is 1.23. The number of hydrazone groups is 1. The second kappa shape index (κ2) is 12.9. The standard InChI is InChI=1S/C20H19Cl3N4O5/c1-31-8-7-24-19(29)20(30)27-25-10-12-9-13(21)5-6-16(12)32-11-17(28)26-15-4-2-3-14(22)18(15)23/h2-6,9-10H,7-8,11H2,1H3,(H,24,29)(H,26,28)(H,27,30)/b25-10-. The van der Waals surface area contributed by atoms with E-state index >= 15 is 0 Å². The number of carbonyl (C=O) groups is 3. The fourth-order valence-corrected chi connectivity index (χ4v) is 2.77. The van der Waals surface area contributed by atoms with E-state index in [2.05, 4.69) is 21.2 Å². The van der Waals surface area contributed by atoms with Gasteiger partial charge < -0.3 is 20.1 Å². The maximum atomic E-state index is 12.2. The summed E-state index contributed by atoms with van der Waals surface area (Å²) in [5.74, 6) is -2.03. The van der Waals surface area contributed by atoms with E-state index in [1.807, 2.05) is 0 Å². The SMILES string of the molecule is COCCNC(=O)C(=O)N/N=C\c1cc(Cl)ccc1OCC(=O)Nc1cccc(Cl)c1Cl. The number of amides is 3. The van der Waals surface area contributed by atoms with Crippen molar-refractivity contribution >= 4 is 64.4 Å². The Morgan fingerprint density at radius 2 is 1.88 bits per heavy atom. The molecule has 170 valence electrons. The van der Waals surface area contributed by atoms with Crippen molar-refractivity contribution in [1.82, 2.24) is 10.7 Å². The number of halogens is 3. The highest BCUT2D eigenvalue weighted by Gasteiger charge is 2.13. The quantitative estimate of drug-likeness (QED) is 0.211. The van der Waals surface area contributed by atoms with Crippen LogP contribution < -0.4 is 20.8 Å². The fourth-order valence-electron chi connectivity index (χ4n) is 2.24. The van der Waals surface area contributed by atoms with E-state index in [-0.39, 0.29) is 30.5 Å². The van der Waals surface area contributed by atoms with Crippen molar-refractivity contribution in [3.63, 3.8) is 0 Å². The second-order valence-electron chi connectivity index (χ2n) is 6.07. The van der Waals surface area contributed by atoms with Crippen molar-refractivity contribution in [2.45, 2.75) is 0 Å². The van der Waals surface area contributed by atoms with Crippen LogP contribution in [0.1, 0.15) is 5.56 Å². The smallest absolute Gasteiger partial charge is 0.329 e. The van der Waals surface area contributed by atoms with Gasteiger partial charge in [0.05, 0.1) is 28.6 Å². The predicted molar refractivity (Wildman–Crippen MR) is 123 cm³/mol. The third kappa shape index (κ3) is 8.01. The van der Waals surface area contributed by atoms with E-state index in [1.54, 1.807) is 24.3 Å². The Hall–Kier alpha value is -2.85. The summed E-state index contributed by atoms with van der Waals surface area (Å²) in [5.41, 5.74) is 2.80. The van der Waals surface area contributed by atoms with E-state index in [1.165, 1.54) is 25.5 Å². The molecular weight excluding hydrogens is 483 g/mol. The largest absolute Gasteiger partial charge is 0.483 e. The van der Waals surface area contributed by atoms with Crippen LogP contribution in [0.5, 0.6) is 5.75 Å². The molecule has 32 heavy (non-hydrogen) atoms. The Bertz CT molecular complexity index is 1020. The average Bonchev–Trinajstić information content (AvgIpc) is 2.76. The van der Waals surface area contributed by atoms with Gasteiger partial charge in [-0.25, -0.2) is 5.43 Å². The zero-order chi connectivity index (χ0) is 23.5. The van der Waals surface area contributed by atoms with E-state index in [0.29, 0.717) is 21.3 Å². The minimum Gasteiger partial charge on any atom is -0.483 e. The number of nitrogens with one attached hydrogen (secondary N) is 3. The first-order chi connectivity index (χ1) is 15.3. The van der Waals surface area contributed by atoms with Gasteiger partial charge in [-0.1, -0.05) is 40.9 Å². The third-order valence-corrected chi connectivity index (χ3v) is 4.78. The van der Waals surface area contributed by atoms with Gasteiger partial charge in [-0.2, -0.15) is 5.10 Å². The minimum absolute atomic E-state index is 0.182. The molecule has 0 bridgehead atoms. The molecule has 0 aliphatic rings. The van der Waals surface area contributed by atoms with Crippen LogP contribution in [0.25, 0.3) is 0 Å². The van der Waals surface area contributed by atoms with Gasteiger partial charge in [-0.15, -0.1) is 0 Å². The van der Waals surface area contributed by atoms with E-state index in [0.717, 1.165) is 0 Å². The molecule has 0 radical (unpaired) electrons. The van der Waals surface area contributed by atoms with Crippen LogP contribution in [0, 0.1) is 0 Å². The van der Waals surface area contributed by atoms with Crippen LogP contribution in [0.15, 0.2) is 41.5 Å². The van der Waals surface area contributed by atoms with Crippen molar-refractivity contribution in [3.8, 4) is 5.75 Å². The lowest BCUT2D eigenvalue weighted by Gasteiger charge is -2.11. The van der Waals surface area contributed by atoms with Crippen LogP contribution in [0.3, 0.4) is 0 Å². The van der Waals surface area contributed by atoms with Crippen molar-refractivity contribution in [3.05, 3.63) is 57.0 Å². The minimum atomic E-state index is -0.959. The molecule has 0 aromatic heterocycles. The summed E-state index contributed by atoms with van der Waals surface area (Å²) >= 11 is 18.0. The number of benzene rings is 2. The summed E-state index contributed by atoms with van der Waals surface area (Å²) in [4.78, 5) is 35.5. The highest BCUT2D eigenvalue weighted by atomic mass is 35.5. The monoisotopic (exact) mass is 500 g/mol. The molecule has 0 saturated heterocycles. The number of ether oxygens (including phenoxy) is 2. The van der Waals surface area contributed by atoms with Gasteiger partial charge >= 0.3 is 11.8 Å². The lowest BCUT2D eigenvalue weighted by molar-refractivity contribution is -0.139. The number of hydrogen-bond donors (Lipinski definition) is 3. The molecule has 0 aliphatic carbocycles. The first-order valence-electron chi connectivity index (χ1n) is 9.08. The molecule has 3 amide bonds. The Balaban J connectivity index is 1.96. The van der Waals surface area contributed by atoms with Gasteiger partial charge in [0.2, 0.25) is 0 Å². The molecule has 0 atom stereocenters. The molecule has 0 unspecified atom stereocenters. The van der Waals surface area contributed by atoms with Gasteiger partial charge in [0.15, 0.2) is 6.61 Å². The van der Waals surface area contributed by atoms with Gasteiger partial charge in [-0.3, -0.25) is 14.4 Å². The molecule has 2 aromatic rings. The maximum absolute atomic E-state index is 12.2. The highest BCUT2D eigenvalue weighted by molar-refractivity contribution is 6.44. The Morgan fingerprint density at radius 3 is 2.62 bits per heavy atom. The Labute approximate surface area is 199 Å². The predicted octanol–water partition coefficient (Wildman–Crippen LogP) is 2.88. The highest BCUT2D eigenvalue weighted by Crippen LogP contribution is 2.29. The molecule has 0 spiro atoms. The average molecular weight is 502 g/mol. The van der Waals surface area contributed by atoms with Crippen LogP contribution in [0.4, 0.5) is 5.69 Å². The summed E-state index contributed by atoms with van der Waals surface area (Å²) in [6.45, 7) is 0.101. The van der Waals surface area contributed by atoms with Crippen molar-refractivity contribution in [1.29, 1.82) is 0 Å². The summed E-state index contributed by atoms with van der Waals surface area (Å²) in [7, 11) is 1.47. The first kappa shape index (κ1) is 25.4. The molecule has 9 nitrogen and oxygen atoms in total. The van der Waals surface area contributed by atoms with Crippen molar-refractivity contribution < 1.29 is 23.9 Å². The third-order valence-electron chi connectivity index (χ3n) is 3.72. The van der Waals surface area contributed by atoms with Gasteiger partial charge in [-0.05, 0) is 30.3 Å². The van der Waals surface area contributed by atoms with E-state index in [9.17, 15) is 14.4 Å². The Morgan fingerprint density at radius 1 is 1.09 bits per heavy atom. The maximum Gasteiger partial charge on any atom is 0.329 e. The van der Waals surface area contributed by atoms with Gasteiger partial charge in [0.1, 0.15) is 5.75 Å². The number of anilines is 1. The zero-order valence-corrected chi connectivity index (χ0v) is 19.1. The van der Waals surface area contributed by atoms with Crippen molar-refractivity contribution in [2.75, 3.05) is 32.2 Å². The topological polar surface area (TPSA) is 118 Å². The number of carbonyl (C=O) groups excluding carboxylic acids is 3. The number of nitrogens with zero attached hydrogens (tertiary/aromatic N) is 1. The first-order valence-corrected chi connectivity index (χ1v) is 10.2. The Kier molecular flexibility index (Phi) is 10.2. The van der Waals surface area contributed by atoms with E-state index < -0.39 is 17.7 Å². The van der Waals surface area contributed by atoms with Crippen LogP contribution in [-0.4, -0.2) is 50.8 Å². The lowest BCUT2D eigenvalue weighted by Crippen LogP contribution is -2.39. The second-order valence-corrected chi connectivity index (χ2v) is 7.29.